The second-order valence-corrected chi connectivity index (χ2v) is 13.7. The summed E-state index contributed by atoms with van der Waals surface area (Å²) in [5.74, 6) is -0.700. The molecule has 0 radical (unpaired) electrons. The number of hydrogen-bond acceptors (Lipinski definition) is 4. The van der Waals surface area contributed by atoms with Gasteiger partial charge in [-0.05, 0) is 82.0 Å². The average molecular weight is 641 g/mol. The maximum absolute atomic E-state index is 14.1. The molecule has 1 aliphatic rings. The highest BCUT2D eigenvalue weighted by Gasteiger charge is 2.34. The monoisotopic (exact) mass is 639 g/mol. The van der Waals surface area contributed by atoms with Gasteiger partial charge in [-0.1, -0.05) is 76.3 Å². The Morgan fingerprint density at radius 2 is 1.61 bits per heavy atom. The highest BCUT2D eigenvalue weighted by Crippen LogP contribution is 2.29. The Balaban J connectivity index is 1.71. The first-order valence-corrected chi connectivity index (χ1v) is 16.2. The fourth-order valence-electron chi connectivity index (χ4n) is 5.24. The molecule has 3 aromatic carbocycles. The van der Waals surface area contributed by atoms with Gasteiger partial charge in [-0.3, -0.25) is 13.9 Å². The van der Waals surface area contributed by atoms with Crippen LogP contribution >= 0.6 is 15.9 Å². The predicted molar refractivity (Wildman–Crippen MR) is 166 cm³/mol. The first-order valence-electron chi connectivity index (χ1n) is 14.0. The number of nitrogens with one attached hydrogen (secondary N) is 1. The van der Waals surface area contributed by atoms with Gasteiger partial charge in [-0.15, -0.1) is 0 Å². The quantitative estimate of drug-likeness (QED) is 0.293. The van der Waals surface area contributed by atoms with Crippen molar-refractivity contribution in [3.8, 4) is 0 Å². The molecule has 9 heteroatoms. The zero-order valence-electron chi connectivity index (χ0n) is 24.1. The van der Waals surface area contributed by atoms with E-state index in [1.54, 1.807) is 37.3 Å². The van der Waals surface area contributed by atoms with Crippen molar-refractivity contribution in [2.75, 3.05) is 10.8 Å². The van der Waals surface area contributed by atoms with Crippen molar-refractivity contribution < 1.29 is 18.0 Å². The van der Waals surface area contributed by atoms with Crippen LogP contribution in [0.25, 0.3) is 0 Å². The normalized spacial score (nSPS) is 14.5. The predicted octanol–water partition coefficient (Wildman–Crippen LogP) is 6.05. The molecule has 218 valence electrons. The fraction of sp³-hybridized carbons (Fsp3) is 0.375. The highest BCUT2D eigenvalue weighted by molar-refractivity contribution is 9.10. The van der Waals surface area contributed by atoms with Gasteiger partial charge in [0.1, 0.15) is 12.6 Å². The summed E-state index contributed by atoms with van der Waals surface area (Å²) >= 11 is 3.48. The number of carbonyl (C=O) groups is 2. The van der Waals surface area contributed by atoms with Crippen LogP contribution in [0.4, 0.5) is 5.69 Å². The lowest BCUT2D eigenvalue weighted by molar-refractivity contribution is -0.139. The lowest BCUT2D eigenvalue weighted by atomic mass is 10.1. The molecule has 1 saturated carbocycles. The summed E-state index contributed by atoms with van der Waals surface area (Å²) in [5.41, 5.74) is 3.90. The second kappa shape index (κ2) is 13.2. The second-order valence-electron chi connectivity index (χ2n) is 10.9. The maximum atomic E-state index is 14.1. The van der Waals surface area contributed by atoms with Crippen molar-refractivity contribution in [3.63, 3.8) is 0 Å². The topological polar surface area (TPSA) is 86.8 Å². The number of hydrogen-bond donors (Lipinski definition) is 1. The number of anilines is 1. The Hall–Kier alpha value is -3.17. The minimum absolute atomic E-state index is 0.0985. The molecule has 1 N–H and O–H groups in total. The number of rotatable bonds is 10. The van der Waals surface area contributed by atoms with E-state index in [0.717, 1.165) is 52.4 Å². The Morgan fingerprint density at radius 3 is 2.24 bits per heavy atom. The van der Waals surface area contributed by atoms with Gasteiger partial charge in [0.15, 0.2) is 0 Å². The molecule has 0 aliphatic heterocycles. The minimum atomic E-state index is -4.10. The lowest BCUT2D eigenvalue weighted by Gasteiger charge is -2.33. The molecule has 4 rings (SSSR count). The number of sulfonamides is 1. The molecule has 0 saturated heterocycles. The van der Waals surface area contributed by atoms with Crippen molar-refractivity contribution >= 4 is 43.5 Å². The third-order valence-electron chi connectivity index (χ3n) is 7.62. The molecule has 0 heterocycles. The molecule has 0 aromatic heterocycles. The van der Waals surface area contributed by atoms with Gasteiger partial charge in [-0.25, -0.2) is 8.42 Å². The van der Waals surface area contributed by atoms with E-state index in [2.05, 4.69) is 21.2 Å². The summed E-state index contributed by atoms with van der Waals surface area (Å²) in [6.45, 7) is 7.07. The number of aryl methyl sites for hydroxylation is 3. The van der Waals surface area contributed by atoms with E-state index in [9.17, 15) is 18.0 Å². The van der Waals surface area contributed by atoms with Crippen LogP contribution in [0.15, 0.2) is 76.1 Å². The number of amides is 2. The van der Waals surface area contributed by atoms with Gasteiger partial charge in [0.25, 0.3) is 10.0 Å². The molecule has 1 atom stereocenters. The average Bonchev–Trinajstić information content (AvgIpc) is 3.43. The van der Waals surface area contributed by atoms with Crippen molar-refractivity contribution in [1.82, 2.24) is 10.2 Å². The molecule has 3 aromatic rings. The number of benzene rings is 3. The molecule has 2 amide bonds. The zero-order chi connectivity index (χ0) is 29.7. The van der Waals surface area contributed by atoms with Crippen LogP contribution in [-0.2, 0) is 26.2 Å². The van der Waals surface area contributed by atoms with Gasteiger partial charge in [0, 0.05) is 17.1 Å². The Morgan fingerprint density at radius 1 is 0.951 bits per heavy atom. The molecule has 0 unspecified atom stereocenters. The van der Waals surface area contributed by atoms with E-state index < -0.39 is 28.5 Å². The van der Waals surface area contributed by atoms with Gasteiger partial charge >= 0.3 is 0 Å². The fourth-order valence-corrected chi connectivity index (χ4v) is 7.17. The van der Waals surface area contributed by atoms with E-state index in [1.807, 2.05) is 57.2 Å². The Kier molecular flexibility index (Phi) is 9.92. The third-order valence-corrected chi connectivity index (χ3v) is 9.89. The van der Waals surface area contributed by atoms with Gasteiger partial charge in [0.2, 0.25) is 11.8 Å². The van der Waals surface area contributed by atoms with E-state index in [-0.39, 0.29) is 23.4 Å². The summed E-state index contributed by atoms with van der Waals surface area (Å²) in [4.78, 5) is 29.1. The summed E-state index contributed by atoms with van der Waals surface area (Å²) in [7, 11) is -4.10. The van der Waals surface area contributed by atoms with Gasteiger partial charge in [-0.2, -0.15) is 0 Å². The van der Waals surface area contributed by atoms with Gasteiger partial charge < -0.3 is 10.2 Å². The van der Waals surface area contributed by atoms with Crippen LogP contribution in [0.5, 0.6) is 0 Å². The molecule has 1 aliphatic carbocycles. The minimum Gasteiger partial charge on any atom is -0.352 e. The van der Waals surface area contributed by atoms with Crippen molar-refractivity contribution in [2.45, 2.75) is 76.9 Å². The molecular formula is C32H38BrN3O4S. The Labute approximate surface area is 252 Å². The molecule has 0 bridgehead atoms. The third kappa shape index (κ3) is 7.57. The molecule has 0 spiro atoms. The van der Waals surface area contributed by atoms with Gasteiger partial charge in [0.05, 0.1) is 10.6 Å². The van der Waals surface area contributed by atoms with Crippen LogP contribution in [0, 0.1) is 20.8 Å². The van der Waals surface area contributed by atoms with E-state index in [1.165, 1.54) is 9.21 Å². The maximum Gasteiger partial charge on any atom is 0.264 e. The van der Waals surface area contributed by atoms with Crippen LogP contribution in [0.3, 0.4) is 0 Å². The molecular weight excluding hydrogens is 602 g/mol. The van der Waals surface area contributed by atoms with Crippen LogP contribution in [-0.4, -0.2) is 43.8 Å². The van der Waals surface area contributed by atoms with Crippen molar-refractivity contribution in [3.05, 3.63) is 93.5 Å². The smallest absolute Gasteiger partial charge is 0.264 e. The largest absolute Gasteiger partial charge is 0.352 e. The van der Waals surface area contributed by atoms with Crippen LogP contribution in [0.2, 0.25) is 0 Å². The van der Waals surface area contributed by atoms with Crippen LogP contribution in [0.1, 0.15) is 54.9 Å². The molecule has 7 nitrogen and oxygen atoms in total. The highest BCUT2D eigenvalue weighted by atomic mass is 79.9. The van der Waals surface area contributed by atoms with E-state index in [4.69, 9.17) is 0 Å². The summed E-state index contributed by atoms with van der Waals surface area (Å²) in [5, 5.41) is 3.10. The lowest BCUT2D eigenvalue weighted by Crippen LogP contribution is -2.52. The first kappa shape index (κ1) is 30.8. The summed E-state index contributed by atoms with van der Waals surface area (Å²) in [6, 6.07) is 18.9. The first-order chi connectivity index (χ1) is 19.5. The standard InChI is InChI=1S/C32H38BrN3O4S/c1-22-12-15-29(16-13-22)41(39,40)36(30-17-14-23(2)18-24(30)3)21-31(37)35(20-26-8-7-9-27(33)19-26)25(4)32(38)34-28-10-5-6-11-28/h7-9,12-19,25,28H,5-6,10-11,20-21H2,1-4H3,(H,34,38)/t25-/m0/s1. The SMILES string of the molecule is Cc1ccc(S(=O)(=O)N(CC(=O)N(Cc2cccc(Br)c2)[C@@H](C)C(=O)NC2CCCC2)c2ccc(C)cc2C)cc1. The summed E-state index contributed by atoms with van der Waals surface area (Å²) in [6.07, 6.45) is 3.99. The molecule has 41 heavy (non-hydrogen) atoms. The molecule has 1 fully saturated rings. The summed E-state index contributed by atoms with van der Waals surface area (Å²) < 4.78 is 30.1. The number of halogens is 1. The zero-order valence-corrected chi connectivity index (χ0v) is 26.5. The van der Waals surface area contributed by atoms with Crippen molar-refractivity contribution in [1.29, 1.82) is 0 Å². The Bertz CT molecular complexity index is 1500. The van der Waals surface area contributed by atoms with E-state index >= 15 is 0 Å². The van der Waals surface area contributed by atoms with Crippen molar-refractivity contribution in [2.24, 2.45) is 0 Å². The van der Waals surface area contributed by atoms with E-state index in [0.29, 0.717) is 5.69 Å². The number of carbonyl (C=O) groups excluding carboxylic acids is 2. The number of nitrogens with zero attached hydrogens (tertiary/aromatic N) is 2. The van der Waals surface area contributed by atoms with Crippen LogP contribution < -0.4 is 9.62 Å².